The van der Waals surface area contributed by atoms with Gasteiger partial charge in [-0.3, -0.25) is 0 Å². The molecule has 60 heavy (non-hydrogen) atoms. The highest BCUT2D eigenvalue weighted by atomic mass is 14.3. The predicted molar refractivity (Wildman–Crippen MR) is 258 cm³/mol. The van der Waals surface area contributed by atoms with Crippen LogP contribution in [0.25, 0.3) is 131 Å². The zero-order valence-electron chi connectivity index (χ0n) is 32.8. The van der Waals surface area contributed by atoms with Crippen molar-refractivity contribution in [3.05, 3.63) is 218 Å². The molecule has 0 aromatic heterocycles. The second-order valence-electron chi connectivity index (χ2n) is 16.3. The third-order valence-electron chi connectivity index (χ3n) is 13.2. The SMILES string of the molecule is c1ccc2c(c1)-c1cccc3c(-c4c5ccc(-c6cccc7ccccc67)cc5c(-c5cccc6ccccc56)c5ccc(-c6cccc7ccccc67)cc45)ccc-2c13. The van der Waals surface area contributed by atoms with Gasteiger partial charge in [-0.25, -0.2) is 0 Å². The third kappa shape index (κ3) is 4.79. The maximum absolute atomic E-state index is 2.48. The zero-order valence-corrected chi connectivity index (χ0v) is 32.8. The molecular formula is C60H36. The van der Waals surface area contributed by atoms with Gasteiger partial charge in [0.25, 0.3) is 0 Å². The van der Waals surface area contributed by atoms with Gasteiger partial charge in [-0.15, -0.1) is 0 Å². The summed E-state index contributed by atoms with van der Waals surface area (Å²) in [5, 5.41) is 15.2. The van der Waals surface area contributed by atoms with Gasteiger partial charge in [-0.2, -0.15) is 0 Å². The van der Waals surface area contributed by atoms with Crippen LogP contribution >= 0.6 is 0 Å². The average molecular weight is 757 g/mol. The number of hydrogen-bond acceptors (Lipinski definition) is 0. The molecule has 0 saturated carbocycles. The van der Waals surface area contributed by atoms with Crippen LogP contribution in [0.3, 0.4) is 0 Å². The van der Waals surface area contributed by atoms with Crippen LogP contribution in [0.5, 0.6) is 0 Å². The van der Waals surface area contributed by atoms with Gasteiger partial charge in [-0.1, -0.05) is 206 Å². The second kappa shape index (κ2) is 12.9. The molecule has 12 aromatic carbocycles. The Morgan fingerprint density at radius 3 is 1.08 bits per heavy atom. The average Bonchev–Trinajstić information content (AvgIpc) is 3.65. The fourth-order valence-corrected chi connectivity index (χ4v) is 10.6. The fraction of sp³-hybridized carbons (Fsp3) is 0. The Bertz CT molecular complexity index is 3730. The van der Waals surface area contributed by atoms with Gasteiger partial charge in [-0.05, 0) is 144 Å². The minimum Gasteiger partial charge on any atom is -0.0616 e. The smallest absolute Gasteiger partial charge is 0.00199 e. The van der Waals surface area contributed by atoms with Crippen LogP contribution in [-0.4, -0.2) is 0 Å². The van der Waals surface area contributed by atoms with Crippen LogP contribution in [0.15, 0.2) is 218 Å². The molecular weight excluding hydrogens is 721 g/mol. The van der Waals surface area contributed by atoms with Crippen LogP contribution < -0.4 is 0 Å². The number of hydrogen-bond donors (Lipinski definition) is 0. The molecule has 0 radical (unpaired) electrons. The highest BCUT2D eigenvalue weighted by molar-refractivity contribution is 6.28. The highest BCUT2D eigenvalue weighted by Gasteiger charge is 2.25. The van der Waals surface area contributed by atoms with Gasteiger partial charge >= 0.3 is 0 Å². The molecule has 0 fully saturated rings. The van der Waals surface area contributed by atoms with Crippen LogP contribution in [0.1, 0.15) is 0 Å². The Morgan fingerprint density at radius 2 is 0.533 bits per heavy atom. The van der Waals surface area contributed by atoms with E-state index < -0.39 is 0 Å². The molecule has 0 spiro atoms. The van der Waals surface area contributed by atoms with E-state index >= 15 is 0 Å². The molecule has 0 atom stereocenters. The minimum absolute atomic E-state index is 1.22. The van der Waals surface area contributed by atoms with E-state index in [1.807, 2.05) is 0 Å². The summed E-state index contributed by atoms with van der Waals surface area (Å²) in [6.07, 6.45) is 0. The Balaban J connectivity index is 1.21. The molecule has 1 aliphatic carbocycles. The van der Waals surface area contributed by atoms with Gasteiger partial charge in [0.05, 0.1) is 0 Å². The monoisotopic (exact) mass is 756 g/mol. The maximum Gasteiger partial charge on any atom is -0.00199 e. The standard InChI is InChI=1S/C60H36/c1-4-19-42-37(13-1)16-9-24-45(42)40-30-32-55-56(35-40)59(49-26-11-18-39-15-3-6-21-44(39)49)54-31-29-41(46-25-10-17-38-14-2-5-20-43(38)46)36-57(54)60(55)53-34-33-52-48-23-8-7-22-47(48)50-27-12-28-51(53)58(50)52/h1-36H. The van der Waals surface area contributed by atoms with E-state index in [-0.39, 0.29) is 0 Å². The van der Waals surface area contributed by atoms with Crippen molar-refractivity contribution in [2.75, 3.05) is 0 Å². The largest absolute Gasteiger partial charge is 0.0616 e. The Morgan fingerprint density at radius 1 is 0.183 bits per heavy atom. The van der Waals surface area contributed by atoms with Crippen molar-refractivity contribution < 1.29 is 0 Å². The third-order valence-corrected chi connectivity index (χ3v) is 13.2. The van der Waals surface area contributed by atoms with Crippen molar-refractivity contribution in [3.8, 4) is 66.8 Å². The van der Waals surface area contributed by atoms with E-state index in [0.29, 0.717) is 0 Å². The van der Waals surface area contributed by atoms with Crippen LogP contribution in [0.4, 0.5) is 0 Å². The summed E-state index contributed by atoms with van der Waals surface area (Å²) in [7, 11) is 0. The summed E-state index contributed by atoms with van der Waals surface area (Å²) in [6.45, 7) is 0. The van der Waals surface area contributed by atoms with Gasteiger partial charge in [0, 0.05) is 0 Å². The van der Waals surface area contributed by atoms with Crippen molar-refractivity contribution in [3.63, 3.8) is 0 Å². The normalized spacial score (nSPS) is 12.0. The Labute approximate surface area is 348 Å². The summed E-state index contributed by atoms with van der Waals surface area (Å²) < 4.78 is 0. The molecule has 0 heteroatoms. The fourth-order valence-electron chi connectivity index (χ4n) is 10.6. The lowest BCUT2D eigenvalue weighted by molar-refractivity contribution is 1.65. The summed E-state index contributed by atoms with van der Waals surface area (Å²) in [5.41, 5.74) is 15.2. The molecule has 13 rings (SSSR count). The molecule has 0 amide bonds. The van der Waals surface area contributed by atoms with Crippen molar-refractivity contribution in [2.24, 2.45) is 0 Å². The van der Waals surface area contributed by atoms with Crippen molar-refractivity contribution in [2.45, 2.75) is 0 Å². The Hall–Kier alpha value is -7.80. The first kappa shape index (κ1) is 33.2. The number of rotatable bonds is 4. The summed E-state index contributed by atoms with van der Waals surface area (Å²) in [5.74, 6) is 0. The van der Waals surface area contributed by atoms with Crippen LogP contribution in [0, 0.1) is 0 Å². The van der Waals surface area contributed by atoms with Gasteiger partial charge in [0.2, 0.25) is 0 Å². The Kier molecular flexibility index (Phi) is 7.11. The lowest BCUT2D eigenvalue weighted by atomic mass is 9.81. The number of benzene rings is 12. The molecule has 0 aliphatic heterocycles. The molecule has 12 aromatic rings. The molecule has 0 saturated heterocycles. The lowest BCUT2D eigenvalue weighted by Gasteiger charge is -2.22. The quantitative estimate of drug-likeness (QED) is 0.157. The van der Waals surface area contributed by atoms with Gasteiger partial charge in [0.1, 0.15) is 0 Å². The van der Waals surface area contributed by atoms with Crippen molar-refractivity contribution >= 4 is 64.6 Å². The van der Waals surface area contributed by atoms with Gasteiger partial charge < -0.3 is 0 Å². The molecule has 0 N–H and O–H groups in total. The van der Waals surface area contributed by atoms with E-state index in [1.54, 1.807) is 0 Å². The van der Waals surface area contributed by atoms with Gasteiger partial charge in [0.15, 0.2) is 0 Å². The first-order chi connectivity index (χ1) is 29.8. The van der Waals surface area contributed by atoms with E-state index in [1.165, 1.54) is 131 Å². The van der Waals surface area contributed by atoms with Crippen LogP contribution in [-0.2, 0) is 0 Å². The molecule has 0 nitrogen and oxygen atoms in total. The first-order valence-corrected chi connectivity index (χ1v) is 20.9. The molecule has 276 valence electrons. The summed E-state index contributed by atoms with van der Waals surface area (Å²) >= 11 is 0. The summed E-state index contributed by atoms with van der Waals surface area (Å²) in [6, 6.07) is 81.6. The van der Waals surface area contributed by atoms with E-state index in [0.717, 1.165) is 0 Å². The van der Waals surface area contributed by atoms with Crippen molar-refractivity contribution in [1.29, 1.82) is 0 Å². The molecule has 0 bridgehead atoms. The van der Waals surface area contributed by atoms with E-state index in [2.05, 4.69) is 218 Å². The predicted octanol–water partition coefficient (Wildman–Crippen LogP) is 16.9. The van der Waals surface area contributed by atoms with Crippen molar-refractivity contribution in [1.82, 2.24) is 0 Å². The van der Waals surface area contributed by atoms with Crippen LogP contribution in [0.2, 0.25) is 0 Å². The zero-order chi connectivity index (χ0) is 39.3. The first-order valence-electron chi connectivity index (χ1n) is 20.9. The summed E-state index contributed by atoms with van der Waals surface area (Å²) in [4.78, 5) is 0. The highest BCUT2D eigenvalue weighted by Crippen LogP contribution is 2.53. The molecule has 0 heterocycles. The lowest BCUT2D eigenvalue weighted by Crippen LogP contribution is -1.94. The number of fused-ring (bicyclic) bond motifs is 8. The van der Waals surface area contributed by atoms with E-state index in [9.17, 15) is 0 Å². The molecule has 0 unspecified atom stereocenters. The minimum atomic E-state index is 1.22. The second-order valence-corrected chi connectivity index (χ2v) is 16.3. The topological polar surface area (TPSA) is 0 Å². The molecule has 1 aliphatic rings. The van der Waals surface area contributed by atoms with E-state index in [4.69, 9.17) is 0 Å². The maximum atomic E-state index is 2.48.